The first-order chi connectivity index (χ1) is 13.2. The molecule has 0 aliphatic carbocycles. The summed E-state index contributed by atoms with van der Waals surface area (Å²) >= 11 is 1.51. The lowest BCUT2D eigenvalue weighted by molar-refractivity contribution is -0.122. The lowest BCUT2D eigenvalue weighted by atomic mass is 9.98. The zero-order valence-corrected chi connectivity index (χ0v) is 18.2. The lowest BCUT2D eigenvalue weighted by Gasteiger charge is -2.28. The van der Waals surface area contributed by atoms with E-state index in [0.29, 0.717) is 43.2 Å². The van der Waals surface area contributed by atoms with Crippen molar-refractivity contribution in [3.05, 3.63) is 41.2 Å². The van der Waals surface area contributed by atoms with Crippen LogP contribution in [0.1, 0.15) is 38.2 Å². The van der Waals surface area contributed by atoms with E-state index in [2.05, 4.69) is 43.6 Å². The van der Waals surface area contributed by atoms with Crippen molar-refractivity contribution in [2.75, 3.05) is 19.3 Å². The second-order valence-corrected chi connectivity index (χ2v) is 10.5. The molecule has 0 spiro atoms. The maximum atomic E-state index is 12.8. The van der Waals surface area contributed by atoms with Crippen molar-refractivity contribution in [2.45, 2.75) is 39.2 Å². The second kappa shape index (κ2) is 8.31. The Labute approximate surface area is 170 Å². The number of carbonyl (C=O) groups is 1. The molecule has 6 nitrogen and oxygen atoms in total. The van der Waals surface area contributed by atoms with Crippen molar-refractivity contribution in [2.24, 2.45) is 10.9 Å². The second-order valence-electron chi connectivity index (χ2n) is 7.55. The van der Waals surface area contributed by atoms with Crippen LogP contribution in [0.2, 0.25) is 0 Å². The Hall–Kier alpha value is -1.77. The molecule has 1 aromatic heterocycles. The highest BCUT2D eigenvalue weighted by molar-refractivity contribution is 7.88. The van der Waals surface area contributed by atoms with Crippen LogP contribution in [-0.4, -0.2) is 42.5 Å². The third kappa shape index (κ3) is 4.45. The van der Waals surface area contributed by atoms with Gasteiger partial charge in [-0.2, -0.15) is 4.99 Å². The number of piperidine rings is 1. The van der Waals surface area contributed by atoms with E-state index in [-0.39, 0.29) is 11.8 Å². The standard InChI is InChI=1S/C20H27N3O3S2/c1-5-10-23-17-7-6-16(14(2)3)13-18(17)27-20(23)21-19(24)15-8-11-22(12-9-15)28(4,25)26/h5-7,13-15H,1,8-12H2,2-4H3. The van der Waals surface area contributed by atoms with E-state index in [1.54, 1.807) is 6.08 Å². The minimum absolute atomic E-state index is 0.165. The molecule has 2 heterocycles. The number of hydrogen-bond donors (Lipinski definition) is 0. The summed E-state index contributed by atoms with van der Waals surface area (Å²) in [6.07, 6.45) is 4.04. The zero-order chi connectivity index (χ0) is 20.5. The van der Waals surface area contributed by atoms with Gasteiger partial charge in [0.15, 0.2) is 4.80 Å². The lowest BCUT2D eigenvalue weighted by Crippen LogP contribution is -2.39. The van der Waals surface area contributed by atoms with Gasteiger partial charge in [-0.1, -0.05) is 37.3 Å². The van der Waals surface area contributed by atoms with Crippen LogP contribution in [0.15, 0.2) is 35.8 Å². The van der Waals surface area contributed by atoms with Gasteiger partial charge >= 0.3 is 0 Å². The molecule has 1 aliphatic rings. The van der Waals surface area contributed by atoms with Crippen LogP contribution >= 0.6 is 11.3 Å². The monoisotopic (exact) mass is 421 g/mol. The van der Waals surface area contributed by atoms with Crippen molar-refractivity contribution in [3.8, 4) is 0 Å². The van der Waals surface area contributed by atoms with E-state index in [1.165, 1.54) is 27.5 Å². The van der Waals surface area contributed by atoms with Crippen molar-refractivity contribution in [1.82, 2.24) is 8.87 Å². The van der Waals surface area contributed by atoms with Gasteiger partial charge in [0.1, 0.15) is 0 Å². The van der Waals surface area contributed by atoms with E-state index < -0.39 is 10.0 Å². The van der Waals surface area contributed by atoms with Crippen LogP contribution in [0.3, 0.4) is 0 Å². The fraction of sp³-hybridized carbons (Fsp3) is 0.500. The molecule has 0 radical (unpaired) electrons. The number of hydrogen-bond acceptors (Lipinski definition) is 4. The quantitative estimate of drug-likeness (QED) is 0.697. The Bertz CT molecular complexity index is 1060. The number of aromatic nitrogens is 1. The molecule has 0 atom stereocenters. The zero-order valence-electron chi connectivity index (χ0n) is 16.6. The number of nitrogens with zero attached hydrogens (tertiary/aromatic N) is 3. The maximum Gasteiger partial charge on any atom is 0.251 e. The van der Waals surface area contributed by atoms with Crippen LogP contribution in [0.5, 0.6) is 0 Å². The predicted molar refractivity (Wildman–Crippen MR) is 114 cm³/mol. The molecule has 0 bridgehead atoms. The van der Waals surface area contributed by atoms with Crippen LogP contribution < -0.4 is 4.80 Å². The summed E-state index contributed by atoms with van der Waals surface area (Å²) in [5.41, 5.74) is 2.30. The van der Waals surface area contributed by atoms with Crippen LogP contribution in [0.4, 0.5) is 0 Å². The van der Waals surface area contributed by atoms with Gasteiger partial charge in [0.25, 0.3) is 5.91 Å². The highest BCUT2D eigenvalue weighted by atomic mass is 32.2. The number of sulfonamides is 1. The molecule has 1 aliphatic heterocycles. The molecule has 28 heavy (non-hydrogen) atoms. The van der Waals surface area contributed by atoms with Crippen LogP contribution in [0, 0.1) is 5.92 Å². The van der Waals surface area contributed by atoms with E-state index in [0.717, 1.165) is 10.2 Å². The minimum Gasteiger partial charge on any atom is -0.313 e. The summed E-state index contributed by atoms with van der Waals surface area (Å²) in [6, 6.07) is 6.36. The first kappa shape index (κ1) is 21.0. The summed E-state index contributed by atoms with van der Waals surface area (Å²) in [5.74, 6) is 0.0367. The Morgan fingerprint density at radius 3 is 2.61 bits per heavy atom. The van der Waals surface area contributed by atoms with Gasteiger partial charge in [-0.25, -0.2) is 12.7 Å². The highest BCUT2D eigenvalue weighted by Gasteiger charge is 2.28. The van der Waals surface area contributed by atoms with Gasteiger partial charge in [0.05, 0.1) is 16.5 Å². The summed E-state index contributed by atoms with van der Waals surface area (Å²) < 4.78 is 27.9. The number of benzene rings is 1. The molecule has 1 saturated heterocycles. The third-order valence-electron chi connectivity index (χ3n) is 5.16. The molecule has 2 aromatic rings. The number of rotatable bonds is 5. The van der Waals surface area contributed by atoms with Crippen molar-refractivity contribution < 1.29 is 13.2 Å². The fourth-order valence-electron chi connectivity index (χ4n) is 3.46. The van der Waals surface area contributed by atoms with Gasteiger partial charge in [0.2, 0.25) is 10.0 Å². The Morgan fingerprint density at radius 1 is 1.36 bits per heavy atom. The summed E-state index contributed by atoms with van der Waals surface area (Å²) in [4.78, 5) is 17.9. The molecule has 1 fully saturated rings. The number of amides is 1. The Balaban J connectivity index is 1.91. The van der Waals surface area contributed by atoms with Gasteiger partial charge in [-0.3, -0.25) is 4.79 Å². The molecule has 1 amide bonds. The fourth-order valence-corrected chi connectivity index (χ4v) is 5.43. The third-order valence-corrected chi connectivity index (χ3v) is 7.51. The summed E-state index contributed by atoms with van der Waals surface area (Å²) in [7, 11) is -3.20. The molecule has 152 valence electrons. The molecule has 0 saturated carbocycles. The summed E-state index contributed by atoms with van der Waals surface area (Å²) in [6.45, 7) is 9.47. The van der Waals surface area contributed by atoms with E-state index in [1.807, 2.05) is 4.57 Å². The largest absolute Gasteiger partial charge is 0.313 e. The molecular formula is C20H27N3O3S2. The molecule has 1 aromatic carbocycles. The maximum absolute atomic E-state index is 12.8. The molecule has 8 heteroatoms. The first-order valence-corrected chi connectivity index (χ1v) is 12.1. The van der Waals surface area contributed by atoms with Gasteiger partial charge < -0.3 is 4.57 Å². The van der Waals surface area contributed by atoms with Crippen LogP contribution in [-0.2, 0) is 21.4 Å². The van der Waals surface area contributed by atoms with Crippen LogP contribution in [0.25, 0.3) is 10.2 Å². The Morgan fingerprint density at radius 2 is 2.04 bits per heavy atom. The number of fused-ring (bicyclic) bond motifs is 1. The first-order valence-electron chi connectivity index (χ1n) is 9.48. The minimum atomic E-state index is -3.20. The summed E-state index contributed by atoms with van der Waals surface area (Å²) in [5, 5.41) is 0. The molecular weight excluding hydrogens is 394 g/mol. The number of allylic oxidation sites excluding steroid dienone is 1. The smallest absolute Gasteiger partial charge is 0.251 e. The molecule has 3 rings (SSSR count). The predicted octanol–water partition coefficient (Wildman–Crippen LogP) is 3.11. The van der Waals surface area contributed by atoms with Gasteiger partial charge in [-0.05, 0) is 36.5 Å². The Kier molecular flexibility index (Phi) is 6.21. The SMILES string of the molecule is C=CCn1c(=NC(=O)C2CCN(S(C)(=O)=O)CC2)sc2cc(C(C)C)ccc21. The highest BCUT2D eigenvalue weighted by Crippen LogP contribution is 2.24. The normalized spacial score (nSPS) is 17.5. The van der Waals surface area contributed by atoms with Crippen molar-refractivity contribution in [3.63, 3.8) is 0 Å². The topological polar surface area (TPSA) is 71.7 Å². The molecule has 0 unspecified atom stereocenters. The van der Waals surface area contributed by atoms with Gasteiger partial charge in [0, 0.05) is 25.6 Å². The van der Waals surface area contributed by atoms with E-state index >= 15 is 0 Å². The number of thiazole rings is 1. The average molecular weight is 422 g/mol. The van der Waals surface area contributed by atoms with E-state index in [4.69, 9.17) is 0 Å². The molecule has 0 N–H and O–H groups in total. The number of carbonyl (C=O) groups excluding carboxylic acids is 1. The van der Waals surface area contributed by atoms with Crippen molar-refractivity contribution in [1.29, 1.82) is 0 Å². The van der Waals surface area contributed by atoms with E-state index in [9.17, 15) is 13.2 Å². The van der Waals surface area contributed by atoms with Gasteiger partial charge in [-0.15, -0.1) is 6.58 Å². The average Bonchev–Trinajstić information content (AvgIpc) is 2.98. The van der Waals surface area contributed by atoms with Crippen molar-refractivity contribution >= 4 is 37.5 Å².